The van der Waals surface area contributed by atoms with Gasteiger partial charge in [0, 0.05) is 6.20 Å². The number of anilines is 1. The third-order valence-corrected chi connectivity index (χ3v) is 3.42. The lowest BCUT2D eigenvalue weighted by atomic mass is 10.1. The van der Waals surface area contributed by atoms with Gasteiger partial charge in [-0.05, 0) is 42.7 Å². The largest absolute Gasteiger partial charge is 0.494 e. The zero-order valence-corrected chi connectivity index (χ0v) is 10.9. The van der Waals surface area contributed by atoms with E-state index in [1.807, 2.05) is 19.2 Å². The van der Waals surface area contributed by atoms with Gasteiger partial charge in [0.05, 0.1) is 11.5 Å². The van der Waals surface area contributed by atoms with Crippen LogP contribution in [0.15, 0.2) is 24.4 Å². The van der Waals surface area contributed by atoms with Crippen LogP contribution >= 0.6 is 11.3 Å². The minimum atomic E-state index is 0.604. The lowest BCUT2D eigenvalue weighted by molar-refractivity contribution is 0.337. The topological polar surface area (TPSA) is 48.1 Å². The van der Waals surface area contributed by atoms with Crippen LogP contribution in [0.5, 0.6) is 5.75 Å². The minimum Gasteiger partial charge on any atom is -0.494 e. The standard InChI is InChI=1S/C13H16N2OS/c1-3-9-7-10(5-6-11(9)16-4-2)12-8-15-13(14)17-12/h5-8H,3-4H2,1-2H3,(H2,14,15). The van der Waals surface area contributed by atoms with E-state index in [1.165, 1.54) is 16.9 Å². The molecule has 0 radical (unpaired) electrons. The highest BCUT2D eigenvalue weighted by Crippen LogP contribution is 2.31. The van der Waals surface area contributed by atoms with Crippen molar-refractivity contribution in [3.63, 3.8) is 0 Å². The summed E-state index contributed by atoms with van der Waals surface area (Å²) in [5, 5.41) is 0.604. The Balaban J connectivity index is 2.37. The summed E-state index contributed by atoms with van der Waals surface area (Å²) in [5.41, 5.74) is 8.02. The first-order valence-electron chi connectivity index (χ1n) is 5.72. The van der Waals surface area contributed by atoms with Crippen molar-refractivity contribution >= 4 is 16.5 Å². The summed E-state index contributed by atoms with van der Waals surface area (Å²) in [7, 11) is 0. The van der Waals surface area contributed by atoms with E-state index in [0.717, 1.165) is 22.6 Å². The first-order valence-corrected chi connectivity index (χ1v) is 6.53. The maximum absolute atomic E-state index is 5.65. The smallest absolute Gasteiger partial charge is 0.180 e. The maximum Gasteiger partial charge on any atom is 0.180 e. The number of hydrogen-bond acceptors (Lipinski definition) is 4. The Labute approximate surface area is 105 Å². The third kappa shape index (κ3) is 2.58. The Morgan fingerprint density at radius 1 is 1.35 bits per heavy atom. The van der Waals surface area contributed by atoms with Gasteiger partial charge in [-0.2, -0.15) is 0 Å². The molecule has 0 unspecified atom stereocenters. The Morgan fingerprint density at radius 2 is 2.18 bits per heavy atom. The summed E-state index contributed by atoms with van der Waals surface area (Å²) in [6.07, 6.45) is 2.77. The number of aromatic nitrogens is 1. The molecule has 0 aliphatic carbocycles. The fourth-order valence-electron chi connectivity index (χ4n) is 1.73. The molecule has 0 aliphatic rings. The van der Waals surface area contributed by atoms with Gasteiger partial charge in [0.2, 0.25) is 0 Å². The molecule has 1 aromatic heterocycles. The second-order valence-electron chi connectivity index (χ2n) is 3.67. The fraction of sp³-hybridized carbons (Fsp3) is 0.308. The quantitative estimate of drug-likeness (QED) is 0.902. The molecule has 3 nitrogen and oxygen atoms in total. The van der Waals surface area contributed by atoms with Crippen LogP contribution in [0.25, 0.3) is 10.4 Å². The molecule has 0 saturated heterocycles. The van der Waals surface area contributed by atoms with Crippen molar-refractivity contribution < 1.29 is 4.74 Å². The summed E-state index contributed by atoms with van der Waals surface area (Å²) in [6.45, 7) is 4.82. The number of nitrogens with two attached hydrogens (primary N) is 1. The van der Waals surface area contributed by atoms with E-state index in [2.05, 4.69) is 24.0 Å². The number of rotatable bonds is 4. The minimum absolute atomic E-state index is 0.604. The summed E-state index contributed by atoms with van der Waals surface area (Å²) >= 11 is 1.51. The molecule has 0 amide bonds. The summed E-state index contributed by atoms with van der Waals surface area (Å²) in [4.78, 5) is 5.17. The average Bonchev–Trinajstić information content (AvgIpc) is 2.77. The van der Waals surface area contributed by atoms with Crippen LogP contribution in [0, 0.1) is 0 Å². The van der Waals surface area contributed by atoms with Gasteiger partial charge in [0.25, 0.3) is 0 Å². The van der Waals surface area contributed by atoms with Crippen molar-refractivity contribution in [1.29, 1.82) is 0 Å². The van der Waals surface area contributed by atoms with Crippen LogP contribution in [0.3, 0.4) is 0 Å². The first-order chi connectivity index (χ1) is 8.24. The molecule has 0 fully saturated rings. The van der Waals surface area contributed by atoms with E-state index in [1.54, 1.807) is 0 Å². The normalized spacial score (nSPS) is 10.5. The molecule has 0 atom stereocenters. The van der Waals surface area contributed by atoms with Crippen LogP contribution in [0.4, 0.5) is 5.13 Å². The van der Waals surface area contributed by atoms with Crippen molar-refractivity contribution in [2.45, 2.75) is 20.3 Å². The lowest BCUT2D eigenvalue weighted by Crippen LogP contribution is -1.95. The van der Waals surface area contributed by atoms with Crippen molar-refractivity contribution in [2.24, 2.45) is 0 Å². The van der Waals surface area contributed by atoms with Gasteiger partial charge in [0.1, 0.15) is 5.75 Å². The number of aryl methyl sites for hydroxylation is 1. The molecule has 17 heavy (non-hydrogen) atoms. The SMILES string of the molecule is CCOc1ccc(-c2cnc(N)s2)cc1CC. The van der Waals surface area contributed by atoms with E-state index >= 15 is 0 Å². The van der Waals surface area contributed by atoms with Gasteiger partial charge < -0.3 is 10.5 Å². The molecule has 4 heteroatoms. The predicted molar refractivity (Wildman–Crippen MR) is 72.5 cm³/mol. The average molecular weight is 248 g/mol. The van der Waals surface area contributed by atoms with Crippen LogP contribution in [0.2, 0.25) is 0 Å². The van der Waals surface area contributed by atoms with Crippen LogP contribution in [0.1, 0.15) is 19.4 Å². The molecular weight excluding hydrogens is 232 g/mol. The van der Waals surface area contributed by atoms with Crippen LogP contribution < -0.4 is 10.5 Å². The summed E-state index contributed by atoms with van der Waals surface area (Å²) < 4.78 is 5.59. The number of benzene rings is 1. The number of ether oxygens (including phenoxy) is 1. The second-order valence-corrected chi connectivity index (χ2v) is 4.73. The summed E-state index contributed by atoms with van der Waals surface area (Å²) in [6, 6.07) is 6.22. The zero-order chi connectivity index (χ0) is 12.3. The monoisotopic (exact) mass is 248 g/mol. The molecule has 0 saturated carbocycles. The number of hydrogen-bond donors (Lipinski definition) is 1. The van der Waals surface area contributed by atoms with Gasteiger partial charge in [-0.3, -0.25) is 0 Å². The Morgan fingerprint density at radius 3 is 2.76 bits per heavy atom. The predicted octanol–water partition coefficient (Wildman–Crippen LogP) is 3.35. The molecule has 2 rings (SSSR count). The lowest BCUT2D eigenvalue weighted by Gasteiger charge is -2.09. The van der Waals surface area contributed by atoms with Gasteiger partial charge in [0.15, 0.2) is 5.13 Å². The molecule has 0 bridgehead atoms. The molecule has 90 valence electrons. The van der Waals surface area contributed by atoms with E-state index in [0.29, 0.717) is 11.7 Å². The number of nitrogens with zero attached hydrogens (tertiary/aromatic N) is 1. The molecule has 0 spiro atoms. The molecule has 1 heterocycles. The van der Waals surface area contributed by atoms with Gasteiger partial charge in [-0.25, -0.2) is 4.98 Å². The van der Waals surface area contributed by atoms with Gasteiger partial charge >= 0.3 is 0 Å². The van der Waals surface area contributed by atoms with Crippen molar-refractivity contribution in [3.05, 3.63) is 30.0 Å². The highest BCUT2D eigenvalue weighted by atomic mass is 32.1. The fourth-order valence-corrected chi connectivity index (χ4v) is 2.41. The maximum atomic E-state index is 5.65. The van der Waals surface area contributed by atoms with Crippen LogP contribution in [-0.2, 0) is 6.42 Å². The zero-order valence-electron chi connectivity index (χ0n) is 10.1. The van der Waals surface area contributed by atoms with Gasteiger partial charge in [-0.1, -0.05) is 18.3 Å². The molecular formula is C13H16N2OS. The van der Waals surface area contributed by atoms with E-state index in [9.17, 15) is 0 Å². The molecule has 2 aromatic rings. The van der Waals surface area contributed by atoms with Gasteiger partial charge in [-0.15, -0.1) is 0 Å². The summed E-state index contributed by atoms with van der Waals surface area (Å²) in [5.74, 6) is 0.969. The Kier molecular flexibility index (Phi) is 3.64. The molecule has 2 N–H and O–H groups in total. The number of thiazole rings is 1. The van der Waals surface area contributed by atoms with Crippen LogP contribution in [-0.4, -0.2) is 11.6 Å². The van der Waals surface area contributed by atoms with E-state index in [4.69, 9.17) is 10.5 Å². The number of nitrogen functional groups attached to an aromatic ring is 1. The highest BCUT2D eigenvalue weighted by molar-refractivity contribution is 7.18. The third-order valence-electron chi connectivity index (χ3n) is 2.55. The van der Waals surface area contributed by atoms with E-state index in [-0.39, 0.29) is 0 Å². The van der Waals surface area contributed by atoms with Crippen molar-refractivity contribution in [1.82, 2.24) is 4.98 Å². The van der Waals surface area contributed by atoms with Crippen molar-refractivity contribution in [3.8, 4) is 16.2 Å². The second kappa shape index (κ2) is 5.19. The molecule has 0 aliphatic heterocycles. The van der Waals surface area contributed by atoms with Crippen molar-refractivity contribution in [2.75, 3.05) is 12.3 Å². The molecule has 1 aromatic carbocycles. The first kappa shape index (κ1) is 11.9. The highest BCUT2D eigenvalue weighted by Gasteiger charge is 2.07. The Bertz CT molecular complexity index is 508. The van der Waals surface area contributed by atoms with E-state index < -0.39 is 0 Å². The Hall–Kier alpha value is -1.55.